The molecule has 5 atom stereocenters. The molecule has 2 fully saturated rings. The Morgan fingerprint density at radius 1 is 1.23 bits per heavy atom. The topological polar surface area (TPSA) is 36.9 Å². The van der Waals surface area contributed by atoms with E-state index < -0.39 is 5.79 Å². The van der Waals surface area contributed by atoms with E-state index >= 15 is 0 Å². The molecule has 0 amide bonds. The van der Waals surface area contributed by atoms with Gasteiger partial charge in [-0.15, -0.1) is 0 Å². The van der Waals surface area contributed by atoms with Gasteiger partial charge in [-0.3, -0.25) is 0 Å². The molecule has 2 saturated heterocycles. The van der Waals surface area contributed by atoms with E-state index in [-0.39, 0.29) is 18.3 Å². The molecule has 1 aliphatic carbocycles. The minimum Gasteiger partial charge on any atom is -0.375 e. The molecule has 22 heavy (non-hydrogen) atoms. The third-order valence-corrected chi connectivity index (χ3v) is 5.08. The molecule has 3 rings (SSSR count). The molecule has 0 saturated carbocycles. The molecule has 2 unspecified atom stereocenters. The molecule has 0 spiro atoms. The van der Waals surface area contributed by atoms with Gasteiger partial charge in [0.25, 0.3) is 0 Å². The summed E-state index contributed by atoms with van der Waals surface area (Å²) >= 11 is 0. The normalized spacial score (nSPS) is 41.0. The number of fused-ring (bicyclic) bond motifs is 2. The largest absolute Gasteiger partial charge is 0.375 e. The first-order valence-electron chi connectivity index (χ1n) is 8.97. The molecule has 0 aromatic carbocycles. The maximum absolute atomic E-state index is 6.26. The van der Waals surface area contributed by atoms with Crippen LogP contribution in [0.25, 0.3) is 0 Å². The highest BCUT2D eigenvalue weighted by molar-refractivity contribution is 4.97. The first-order valence-corrected chi connectivity index (χ1v) is 8.97. The zero-order valence-electron chi connectivity index (χ0n) is 14.0. The fourth-order valence-electron chi connectivity index (χ4n) is 3.92. The minimum absolute atomic E-state index is 0.00699. The Morgan fingerprint density at radius 3 is 2.86 bits per heavy atom. The van der Waals surface area contributed by atoms with Crippen LogP contribution < -0.4 is 0 Å². The summed E-state index contributed by atoms with van der Waals surface area (Å²) in [6, 6.07) is 0. The maximum atomic E-state index is 6.26. The van der Waals surface area contributed by atoms with Crippen LogP contribution in [0.4, 0.5) is 0 Å². The van der Waals surface area contributed by atoms with Crippen molar-refractivity contribution in [3.8, 4) is 0 Å². The van der Waals surface area contributed by atoms with Gasteiger partial charge in [-0.25, -0.2) is 0 Å². The molecule has 0 N–H and O–H groups in total. The number of hydrogen-bond donors (Lipinski definition) is 0. The van der Waals surface area contributed by atoms with Gasteiger partial charge in [-0.1, -0.05) is 25.5 Å². The van der Waals surface area contributed by atoms with Gasteiger partial charge in [0.2, 0.25) is 0 Å². The van der Waals surface area contributed by atoms with Crippen LogP contribution in [-0.2, 0) is 18.9 Å². The van der Waals surface area contributed by atoms with Gasteiger partial charge in [0, 0.05) is 19.4 Å². The molecule has 3 aliphatic rings. The van der Waals surface area contributed by atoms with E-state index in [9.17, 15) is 0 Å². The van der Waals surface area contributed by atoms with Crippen molar-refractivity contribution in [2.75, 3.05) is 19.8 Å². The van der Waals surface area contributed by atoms with Crippen molar-refractivity contribution in [1.29, 1.82) is 0 Å². The Morgan fingerprint density at radius 2 is 2.14 bits per heavy atom. The van der Waals surface area contributed by atoms with Gasteiger partial charge in [0.1, 0.15) is 12.2 Å². The lowest BCUT2D eigenvalue weighted by Crippen LogP contribution is -2.53. The molecule has 4 heteroatoms. The predicted octanol–water partition coefficient (Wildman–Crippen LogP) is 3.45. The van der Waals surface area contributed by atoms with Crippen LogP contribution in [0.1, 0.15) is 52.4 Å². The van der Waals surface area contributed by atoms with E-state index in [4.69, 9.17) is 18.9 Å². The third-order valence-electron chi connectivity index (χ3n) is 5.08. The smallest absolute Gasteiger partial charge is 0.195 e. The highest BCUT2D eigenvalue weighted by Gasteiger charge is 2.55. The molecule has 0 radical (unpaired) electrons. The second kappa shape index (κ2) is 7.43. The fourth-order valence-corrected chi connectivity index (χ4v) is 3.92. The average molecular weight is 310 g/mol. The Hall–Kier alpha value is -0.420. The standard InChI is InChI=1S/C18H30O4/c1-3-10-18-17(19-4-2)11-15(16(22-18)13-21-18)20-12-14-8-6-5-7-9-14/h5-6,14-17H,3-4,7-13H2,1-2H3/t14?,15-,16+,17+,18?/m0/s1. The van der Waals surface area contributed by atoms with E-state index in [2.05, 4.69) is 19.1 Å². The highest BCUT2D eigenvalue weighted by Crippen LogP contribution is 2.42. The summed E-state index contributed by atoms with van der Waals surface area (Å²) in [4.78, 5) is 0. The van der Waals surface area contributed by atoms with E-state index in [1.54, 1.807) is 0 Å². The maximum Gasteiger partial charge on any atom is 0.195 e. The quantitative estimate of drug-likeness (QED) is 0.675. The second-order valence-electron chi connectivity index (χ2n) is 6.73. The molecule has 2 bridgehead atoms. The molecule has 2 aliphatic heterocycles. The summed E-state index contributed by atoms with van der Waals surface area (Å²) in [5, 5.41) is 0. The molecule has 126 valence electrons. The van der Waals surface area contributed by atoms with E-state index in [1.165, 1.54) is 12.8 Å². The van der Waals surface area contributed by atoms with Crippen LogP contribution >= 0.6 is 0 Å². The Kier molecular flexibility index (Phi) is 5.55. The highest BCUT2D eigenvalue weighted by atomic mass is 16.8. The Labute approximate surface area is 134 Å². The second-order valence-corrected chi connectivity index (χ2v) is 6.73. The van der Waals surface area contributed by atoms with Crippen molar-refractivity contribution in [2.24, 2.45) is 5.92 Å². The first kappa shape index (κ1) is 16.4. The van der Waals surface area contributed by atoms with E-state index in [0.29, 0.717) is 19.1 Å². The number of hydrogen-bond acceptors (Lipinski definition) is 4. The number of rotatable bonds is 7. The summed E-state index contributed by atoms with van der Waals surface area (Å²) in [6.07, 6.45) is 11.1. The van der Waals surface area contributed by atoms with Crippen LogP contribution in [0.5, 0.6) is 0 Å². The average Bonchev–Trinajstić information content (AvgIpc) is 2.91. The molecular formula is C18H30O4. The van der Waals surface area contributed by atoms with Crippen LogP contribution in [0.15, 0.2) is 12.2 Å². The minimum atomic E-state index is -0.525. The van der Waals surface area contributed by atoms with Gasteiger partial charge in [0.15, 0.2) is 5.79 Å². The summed E-state index contributed by atoms with van der Waals surface area (Å²) in [5.74, 6) is 0.128. The zero-order valence-corrected chi connectivity index (χ0v) is 14.0. The van der Waals surface area contributed by atoms with Crippen molar-refractivity contribution in [1.82, 2.24) is 0 Å². The van der Waals surface area contributed by atoms with Gasteiger partial charge in [-0.05, 0) is 32.1 Å². The van der Waals surface area contributed by atoms with Crippen molar-refractivity contribution in [2.45, 2.75) is 76.5 Å². The van der Waals surface area contributed by atoms with Crippen LogP contribution in [0, 0.1) is 5.92 Å². The molecule has 2 heterocycles. The summed E-state index contributed by atoms with van der Waals surface area (Å²) < 4.78 is 24.5. The van der Waals surface area contributed by atoms with Crippen molar-refractivity contribution in [3.63, 3.8) is 0 Å². The summed E-state index contributed by atoms with van der Waals surface area (Å²) in [5.41, 5.74) is 0. The van der Waals surface area contributed by atoms with E-state index in [0.717, 1.165) is 32.3 Å². The molecule has 0 aromatic rings. The van der Waals surface area contributed by atoms with Gasteiger partial charge in [-0.2, -0.15) is 0 Å². The molecule has 0 aromatic heterocycles. The summed E-state index contributed by atoms with van der Waals surface area (Å²) in [6.45, 7) is 6.35. The number of ether oxygens (including phenoxy) is 4. The van der Waals surface area contributed by atoms with Gasteiger partial charge in [0.05, 0.1) is 19.3 Å². The van der Waals surface area contributed by atoms with Gasteiger partial charge >= 0.3 is 0 Å². The van der Waals surface area contributed by atoms with Crippen LogP contribution in [-0.4, -0.2) is 43.9 Å². The monoisotopic (exact) mass is 310 g/mol. The van der Waals surface area contributed by atoms with Crippen molar-refractivity contribution in [3.05, 3.63) is 12.2 Å². The third kappa shape index (κ3) is 3.40. The zero-order chi connectivity index (χ0) is 15.4. The lowest BCUT2D eigenvalue weighted by atomic mass is 9.93. The van der Waals surface area contributed by atoms with Crippen LogP contribution in [0.2, 0.25) is 0 Å². The van der Waals surface area contributed by atoms with Crippen molar-refractivity contribution < 1.29 is 18.9 Å². The molecular weight excluding hydrogens is 280 g/mol. The van der Waals surface area contributed by atoms with Crippen molar-refractivity contribution >= 4 is 0 Å². The van der Waals surface area contributed by atoms with E-state index in [1.807, 2.05) is 6.92 Å². The van der Waals surface area contributed by atoms with Crippen LogP contribution in [0.3, 0.4) is 0 Å². The predicted molar refractivity (Wildman–Crippen MR) is 84.7 cm³/mol. The Bertz CT molecular complexity index is 383. The molecule has 4 nitrogen and oxygen atoms in total. The summed E-state index contributed by atoms with van der Waals surface area (Å²) in [7, 11) is 0. The number of allylic oxidation sites excluding steroid dienone is 2. The lowest BCUT2D eigenvalue weighted by molar-refractivity contribution is -0.281. The van der Waals surface area contributed by atoms with Gasteiger partial charge < -0.3 is 18.9 Å². The lowest BCUT2D eigenvalue weighted by Gasteiger charge is -2.42. The fraction of sp³-hybridized carbons (Fsp3) is 0.889. The SMILES string of the molecule is CCCC12OC[C@@H](O1)[C@@H](OCC1CC=CCC1)C[C@H]2OCC. The Balaban J connectivity index is 1.58. The first-order chi connectivity index (χ1) is 10.8.